The highest BCUT2D eigenvalue weighted by Gasteiger charge is 2.32. The maximum Gasteiger partial charge on any atom is 0.274 e. The molecule has 6 heteroatoms. The van der Waals surface area contributed by atoms with Gasteiger partial charge in [0.25, 0.3) is 5.91 Å². The van der Waals surface area contributed by atoms with Gasteiger partial charge in [-0.3, -0.25) is 14.7 Å². The minimum atomic E-state index is -0.00262. The van der Waals surface area contributed by atoms with Crippen molar-refractivity contribution in [2.24, 2.45) is 5.92 Å². The zero-order chi connectivity index (χ0) is 19.3. The topological polar surface area (TPSA) is 69.6 Å². The molecule has 4 rings (SSSR count). The second kappa shape index (κ2) is 8.80. The van der Waals surface area contributed by atoms with Crippen molar-refractivity contribution in [2.75, 3.05) is 26.2 Å². The summed E-state index contributed by atoms with van der Waals surface area (Å²) in [6, 6.07) is 8.90. The van der Waals surface area contributed by atoms with Gasteiger partial charge in [-0.2, -0.15) is 0 Å². The maximum absolute atomic E-state index is 12.5. The molecule has 28 heavy (non-hydrogen) atoms. The first-order valence-corrected chi connectivity index (χ1v) is 10.2. The van der Waals surface area contributed by atoms with E-state index in [0.29, 0.717) is 17.7 Å². The van der Waals surface area contributed by atoms with Crippen LogP contribution in [0.5, 0.6) is 0 Å². The molecule has 1 atom stereocenters. The maximum atomic E-state index is 12.5. The number of benzene rings is 1. The molecule has 0 bridgehead atoms. The average Bonchev–Trinajstić information content (AvgIpc) is 3.23. The van der Waals surface area contributed by atoms with Gasteiger partial charge in [0.15, 0.2) is 0 Å². The molecule has 2 aliphatic heterocycles. The molecule has 0 aliphatic carbocycles. The Balaban J connectivity index is 1.26. The summed E-state index contributed by atoms with van der Waals surface area (Å²) in [4.78, 5) is 25.2. The fourth-order valence-corrected chi connectivity index (χ4v) is 4.48. The highest BCUT2D eigenvalue weighted by molar-refractivity contribution is 5.92. The standard InChI is InChI=1S/C22H28N4O2/c27-16-18-3-1-17(2-4-18)13-19-5-10-26(15-19)20-6-11-25(12-7-20)22(28)21-14-23-8-9-24-21/h1-4,8-9,14,19-20,27H,5-7,10-13,15-16H2/t19-/m1/s1. The van der Waals surface area contributed by atoms with Crippen LogP contribution in [-0.4, -0.2) is 63.0 Å². The number of carbonyl (C=O) groups is 1. The predicted molar refractivity (Wildman–Crippen MR) is 107 cm³/mol. The second-order valence-electron chi connectivity index (χ2n) is 7.94. The van der Waals surface area contributed by atoms with Crippen molar-refractivity contribution < 1.29 is 9.90 Å². The lowest BCUT2D eigenvalue weighted by atomic mass is 9.97. The minimum absolute atomic E-state index is 0.00262. The van der Waals surface area contributed by atoms with Gasteiger partial charge in [0.2, 0.25) is 0 Å². The van der Waals surface area contributed by atoms with Crippen LogP contribution in [0.1, 0.15) is 40.9 Å². The number of rotatable bonds is 5. The van der Waals surface area contributed by atoms with Crippen LogP contribution >= 0.6 is 0 Å². The monoisotopic (exact) mass is 380 g/mol. The van der Waals surface area contributed by atoms with Crippen LogP contribution in [-0.2, 0) is 13.0 Å². The summed E-state index contributed by atoms with van der Waals surface area (Å²) in [6.07, 6.45) is 9.11. The molecule has 0 radical (unpaired) electrons. The Morgan fingerprint density at radius 2 is 1.79 bits per heavy atom. The number of amides is 1. The highest BCUT2D eigenvalue weighted by atomic mass is 16.3. The number of carbonyl (C=O) groups excluding carboxylic acids is 1. The van der Waals surface area contributed by atoms with E-state index in [2.05, 4.69) is 27.0 Å². The van der Waals surface area contributed by atoms with E-state index in [9.17, 15) is 9.90 Å². The van der Waals surface area contributed by atoms with Gasteiger partial charge in [-0.1, -0.05) is 24.3 Å². The number of nitrogens with zero attached hydrogens (tertiary/aromatic N) is 4. The molecule has 2 aliphatic rings. The van der Waals surface area contributed by atoms with E-state index in [1.807, 2.05) is 17.0 Å². The van der Waals surface area contributed by atoms with Gasteiger partial charge in [-0.15, -0.1) is 0 Å². The van der Waals surface area contributed by atoms with Crippen LogP contribution in [0.4, 0.5) is 0 Å². The summed E-state index contributed by atoms with van der Waals surface area (Å²) in [5.74, 6) is 0.691. The van der Waals surface area contributed by atoms with Crippen molar-refractivity contribution >= 4 is 5.91 Å². The Bertz CT molecular complexity index is 773. The molecule has 6 nitrogen and oxygen atoms in total. The number of hydrogen-bond donors (Lipinski definition) is 1. The lowest BCUT2D eigenvalue weighted by Crippen LogP contribution is -2.46. The fourth-order valence-electron chi connectivity index (χ4n) is 4.48. The molecule has 2 aromatic rings. The van der Waals surface area contributed by atoms with Gasteiger partial charge in [0.1, 0.15) is 5.69 Å². The fraction of sp³-hybridized carbons (Fsp3) is 0.500. The van der Waals surface area contributed by atoms with E-state index >= 15 is 0 Å². The van der Waals surface area contributed by atoms with Gasteiger partial charge < -0.3 is 10.0 Å². The third-order valence-corrected chi connectivity index (χ3v) is 6.10. The van der Waals surface area contributed by atoms with Crippen molar-refractivity contribution in [3.8, 4) is 0 Å². The molecule has 0 spiro atoms. The Morgan fingerprint density at radius 3 is 2.46 bits per heavy atom. The first kappa shape index (κ1) is 19.0. The normalized spacial score (nSPS) is 21.2. The first-order valence-electron chi connectivity index (χ1n) is 10.2. The highest BCUT2D eigenvalue weighted by Crippen LogP contribution is 2.27. The predicted octanol–water partition coefficient (Wildman–Crippen LogP) is 2.14. The largest absolute Gasteiger partial charge is 0.392 e. The van der Waals surface area contributed by atoms with E-state index in [0.717, 1.165) is 51.0 Å². The quantitative estimate of drug-likeness (QED) is 0.861. The summed E-state index contributed by atoms with van der Waals surface area (Å²) >= 11 is 0. The Hall–Kier alpha value is -2.31. The molecule has 2 saturated heterocycles. The SMILES string of the molecule is O=C(c1cnccn1)N1CCC(N2CC[C@H](Cc3ccc(CO)cc3)C2)CC1. The number of aliphatic hydroxyl groups excluding tert-OH is 1. The average molecular weight is 380 g/mol. The lowest BCUT2D eigenvalue weighted by Gasteiger charge is -2.36. The van der Waals surface area contributed by atoms with Crippen LogP contribution in [0.25, 0.3) is 0 Å². The smallest absolute Gasteiger partial charge is 0.274 e. The zero-order valence-corrected chi connectivity index (χ0v) is 16.2. The van der Waals surface area contributed by atoms with Crippen LogP contribution in [0.2, 0.25) is 0 Å². The van der Waals surface area contributed by atoms with Crippen LogP contribution in [0, 0.1) is 5.92 Å². The molecular weight excluding hydrogens is 352 g/mol. The van der Waals surface area contributed by atoms with Crippen LogP contribution in [0.15, 0.2) is 42.9 Å². The number of hydrogen-bond acceptors (Lipinski definition) is 5. The summed E-state index contributed by atoms with van der Waals surface area (Å²) in [7, 11) is 0. The van der Waals surface area contributed by atoms with E-state index in [1.165, 1.54) is 12.0 Å². The molecular formula is C22H28N4O2. The van der Waals surface area contributed by atoms with Crippen molar-refractivity contribution in [2.45, 2.75) is 38.3 Å². The van der Waals surface area contributed by atoms with Gasteiger partial charge in [0, 0.05) is 38.1 Å². The number of likely N-dealkylation sites (tertiary alicyclic amines) is 2. The van der Waals surface area contributed by atoms with Crippen molar-refractivity contribution in [3.05, 3.63) is 59.7 Å². The van der Waals surface area contributed by atoms with Gasteiger partial charge in [-0.25, -0.2) is 4.98 Å². The molecule has 1 N–H and O–H groups in total. The van der Waals surface area contributed by atoms with Crippen molar-refractivity contribution in [1.29, 1.82) is 0 Å². The van der Waals surface area contributed by atoms with E-state index < -0.39 is 0 Å². The number of aliphatic hydroxyl groups is 1. The zero-order valence-electron chi connectivity index (χ0n) is 16.2. The molecule has 1 aromatic carbocycles. The number of aromatic nitrogens is 2. The molecule has 0 saturated carbocycles. The van der Waals surface area contributed by atoms with Crippen molar-refractivity contribution in [1.82, 2.24) is 19.8 Å². The molecule has 2 fully saturated rings. The minimum Gasteiger partial charge on any atom is -0.392 e. The summed E-state index contributed by atoms with van der Waals surface area (Å²) in [5.41, 5.74) is 2.77. The third-order valence-electron chi connectivity index (χ3n) is 6.10. The van der Waals surface area contributed by atoms with Crippen LogP contribution < -0.4 is 0 Å². The summed E-state index contributed by atoms with van der Waals surface area (Å²) in [6.45, 7) is 4.00. The Labute approximate surface area is 166 Å². The van der Waals surface area contributed by atoms with E-state index in [1.54, 1.807) is 18.6 Å². The molecule has 1 aromatic heterocycles. The van der Waals surface area contributed by atoms with Crippen molar-refractivity contribution in [3.63, 3.8) is 0 Å². The second-order valence-corrected chi connectivity index (χ2v) is 7.94. The Kier molecular flexibility index (Phi) is 5.98. The van der Waals surface area contributed by atoms with E-state index in [-0.39, 0.29) is 12.5 Å². The third kappa shape index (κ3) is 4.39. The lowest BCUT2D eigenvalue weighted by molar-refractivity contribution is 0.0635. The molecule has 1 amide bonds. The Morgan fingerprint density at radius 1 is 1.04 bits per heavy atom. The van der Waals surface area contributed by atoms with Gasteiger partial charge in [0.05, 0.1) is 12.8 Å². The van der Waals surface area contributed by atoms with Crippen LogP contribution in [0.3, 0.4) is 0 Å². The molecule has 148 valence electrons. The molecule has 0 unspecified atom stereocenters. The first-order chi connectivity index (χ1) is 13.7. The van der Waals surface area contributed by atoms with E-state index in [4.69, 9.17) is 0 Å². The summed E-state index contributed by atoms with van der Waals surface area (Å²) < 4.78 is 0. The number of piperidine rings is 1. The summed E-state index contributed by atoms with van der Waals surface area (Å²) in [5, 5.41) is 9.17. The van der Waals surface area contributed by atoms with Gasteiger partial charge in [-0.05, 0) is 49.3 Å². The molecule has 3 heterocycles. The van der Waals surface area contributed by atoms with Gasteiger partial charge >= 0.3 is 0 Å².